The molecule has 1 aliphatic rings. The molecule has 11 nitrogen and oxygen atoms in total. The van der Waals surface area contributed by atoms with Crippen molar-refractivity contribution in [1.29, 1.82) is 0 Å². The molecular weight excluding hydrogens is 739 g/mol. The number of nitrogens with one attached hydrogen (secondary N) is 1. The molecule has 1 heterocycles. The number of amides is 1. The number of carbonyl (C=O) groups excluding carboxylic acids is 1. The van der Waals surface area contributed by atoms with Crippen LogP contribution in [0.2, 0.25) is 0 Å². The maximum atomic E-state index is 13.0. The molecule has 1 fully saturated rings. The Hall–Kier alpha value is -0.890. The van der Waals surface area contributed by atoms with Crippen LogP contribution in [0.1, 0.15) is 226 Å². The maximum Gasteiger partial charge on any atom is 0.249 e. The van der Waals surface area contributed by atoms with E-state index >= 15 is 0 Å². The summed E-state index contributed by atoms with van der Waals surface area (Å²) in [5.74, 6) is -0.698. The van der Waals surface area contributed by atoms with Gasteiger partial charge < -0.3 is 50.5 Å². The van der Waals surface area contributed by atoms with E-state index in [1.807, 2.05) is 0 Å². The van der Waals surface area contributed by atoms with Gasteiger partial charge in [0, 0.05) is 0 Å². The molecule has 0 radical (unpaired) electrons. The van der Waals surface area contributed by atoms with E-state index in [1.54, 1.807) is 0 Å². The van der Waals surface area contributed by atoms with Gasteiger partial charge in [0.25, 0.3) is 0 Å². The highest BCUT2D eigenvalue weighted by Gasteiger charge is 2.44. The predicted molar refractivity (Wildman–Crippen MR) is 233 cm³/mol. The zero-order valence-electron chi connectivity index (χ0n) is 37.3. The van der Waals surface area contributed by atoms with E-state index in [0.717, 1.165) is 38.5 Å². The summed E-state index contributed by atoms with van der Waals surface area (Å²) in [6.45, 7) is 3.41. The number of hydrogen-bond acceptors (Lipinski definition) is 10. The first-order valence-corrected chi connectivity index (χ1v) is 24.4. The molecule has 0 bridgehead atoms. The molecule has 0 saturated carbocycles. The lowest BCUT2D eigenvalue weighted by molar-refractivity contribution is -0.303. The van der Waals surface area contributed by atoms with Gasteiger partial charge >= 0.3 is 0 Å². The number of rotatable bonds is 41. The summed E-state index contributed by atoms with van der Waals surface area (Å²) in [7, 11) is 0. The summed E-state index contributed by atoms with van der Waals surface area (Å²) in [6.07, 6.45) is 27.5. The highest BCUT2D eigenvalue weighted by molar-refractivity contribution is 5.80. The second-order valence-corrected chi connectivity index (χ2v) is 17.5. The van der Waals surface area contributed by atoms with Crippen molar-refractivity contribution < 1.29 is 50.0 Å². The number of unbranched alkanes of at least 4 members (excludes halogenated alkanes) is 29. The SMILES string of the molecule is CCCCCCCCCCCCCCCCCCCCCCCCCC(O)C(O)C(COC1OC(CO)C(O)C(O)C1O)NC(=O)C(O)CCCCCCCCCC. The van der Waals surface area contributed by atoms with Crippen LogP contribution in [-0.4, -0.2) is 110 Å². The highest BCUT2D eigenvalue weighted by Crippen LogP contribution is 2.23. The molecule has 0 aromatic rings. The summed E-state index contributed by atoms with van der Waals surface area (Å²) in [4.78, 5) is 13.0. The zero-order valence-corrected chi connectivity index (χ0v) is 37.3. The van der Waals surface area contributed by atoms with E-state index in [2.05, 4.69) is 19.2 Å². The lowest BCUT2D eigenvalue weighted by Crippen LogP contribution is -2.60. The summed E-state index contributed by atoms with van der Waals surface area (Å²) in [5.41, 5.74) is 0. The molecule has 0 aliphatic carbocycles. The largest absolute Gasteiger partial charge is 0.394 e. The van der Waals surface area contributed by atoms with Gasteiger partial charge in [-0.3, -0.25) is 4.79 Å². The molecule has 1 saturated heterocycles. The van der Waals surface area contributed by atoms with Crippen LogP contribution < -0.4 is 5.32 Å². The van der Waals surface area contributed by atoms with E-state index in [4.69, 9.17) is 9.47 Å². The average Bonchev–Trinajstić information content (AvgIpc) is 3.22. The third-order valence-corrected chi connectivity index (χ3v) is 12.2. The average molecular weight is 832 g/mol. The van der Waals surface area contributed by atoms with Gasteiger partial charge in [-0.15, -0.1) is 0 Å². The second kappa shape index (κ2) is 37.8. The molecule has 1 amide bonds. The van der Waals surface area contributed by atoms with Crippen LogP contribution >= 0.6 is 0 Å². The Kier molecular flexibility index (Phi) is 36.0. The van der Waals surface area contributed by atoms with Crippen molar-refractivity contribution >= 4 is 5.91 Å². The molecule has 1 rings (SSSR count). The molecule has 9 unspecified atom stereocenters. The molecule has 0 aromatic carbocycles. The third-order valence-electron chi connectivity index (χ3n) is 12.2. The van der Waals surface area contributed by atoms with Crippen LogP contribution in [-0.2, 0) is 14.3 Å². The Balaban J connectivity index is 2.31. The van der Waals surface area contributed by atoms with Gasteiger partial charge in [0.05, 0.1) is 25.4 Å². The Bertz CT molecular complexity index is 913. The fourth-order valence-corrected chi connectivity index (χ4v) is 8.09. The monoisotopic (exact) mass is 832 g/mol. The van der Waals surface area contributed by atoms with Crippen molar-refractivity contribution in [3.8, 4) is 0 Å². The maximum absolute atomic E-state index is 13.0. The van der Waals surface area contributed by atoms with Crippen molar-refractivity contribution in [3.63, 3.8) is 0 Å². The third kappa shape index (κ3) is 27.1. The van der Waals surface area contributed by atoms with Crippen LogP contribution in [0.25, 0.3) is 0 Å². The van der Waals surface area contributed by atoms with Gasteiger partial charge in [-0.2, -0.15) is 0 Å². The van der Waals surface area contributed by atoms with Gasteiger partial charge in [-0.25, -0.2) is 0 Å². The molecule has 11 heteroatoms. The lowest BCUT2D eigenvalue weighted by Gasteiger charge is -2.40. The second-order valence-electron chi connectivity index (χ2n) is 17.5. The van der Waals surface area contributed by atoms with Gasteiger partial charge in [-0.1, -0.05) is 213 Å². The number of ether oxygens (including phenoxy) is 2. The standard InChI is InChI=1S/C47H93NO10/c1-3-5-7-9-11-13-14-15-16-17-18-19-20-21-22-23-24-25-26-27-29-30-32-34-39(50)42(52)38(37-57-47-45(55)44(54)43(53)41(36-49)58-47)48-46(56)40(51)35-33-31-28-12-10-8-6-4-2/h38-45,47,49-55H,3-37H2,1-2H3,(H,48,56). The number of hydrogen-bond donors (Lipinski definition) is 8. The van der Waals surface area contributed by atoms with Crippen LogP contribution in [0.4, 0.5) is 0 Å². The number of aliphatic hydroxyl groups is 7. The molecule has 0 spiro atoms. The van der Waals surface area contributed by atoms with Crippen LogP contribution in [0.5, 0.6) is 0 Å². The van der Waals surface area contributed by atoms with Crippen LogP contribution in [0, 0.1) is 0 Å². The topological polar surface area (TPSA) is 189 Å². The van der Waals surface area contributed by atoms with Crippen LogP contribution in [0.15, 0.2) is 0 Å². The Morgan fingerprint density at radius 1 is 0.534 bits per heavy atom. The Morgan fingerprint density at radius 3 is 1.28 bits per heavy atom. The molecular formula is C47H93NO10. The molecule has 346 valence electrons. The minimum Gasteiger partial charge on any atom is -0.394 e. The molecule has 8 N–H and O–H groups in total. The van der Waals surface area contributed by atoms with Crippen molar-refractivity contribution in [3.05, 3.63) is 0 Å². The lowest BCUT2D eigenvalue weighted by atomic mass is 9.98. The minimum atomic E-state index is -1.65. The van der Waals surface area contributed by atoms with Crippen molar-refractivity contribution in [2.45, 2.75) is 281 Å². The van der Waals surface area contributed by atoms with Gasteiger partial charge in [0.2, 0.25) is 5.91 Å². The minimum absolute atomic E-state index is 0.263. The quantitative estimate of drug-likeness (QED) is 0.0279. The molecule has 0 aromatic heterocycles. The van der Waals surface area contributed by atoms with E-state index in [0.29, 0.717) is 19.3 Å². The smallest absolute Gasteiger partial charge is 0.249 e. The predicted octanol–water partition coefficient (Wildman–Crippen LogP) is 8.28. The highest BCUT2D eigenvalue weighted by atomic mass is 16.7. The summed E-state index contributed by atoms with van der Waals surface area (Å²) in [6, 6.07) is -1.16. The van der Waals surface area contributed by atoms with Crippen molar-refractivity contribution in [2.24, 2.45) is 0 Å². The summed E-state index contributed by atoms with van der Waals surface area (Å²) in [5, 5.41) is 75.5. The Morgan fingerprint density at radius 2 is 0.897 bits per heavy atom. The zero-order chi connectivity index (χ0) is 42.6. The van der Waals surface area contributed by atoms with Gasteiger partial charge in [0.1, 0.15) is 36.6 Å². The first-order valence-electron chi connectivity index (χ1n) is 24.4. The molecule has 1 aliphatic heterocycles. The van der Waals surface area contributed by atoms with E-state index in [-0.39, 0.29) is 6.42 Å². The molecule has 58 heavy (non-hydrogen) atoms. The van der Waals surface area contributed by atoms with Crippen molar-refractivity contribution in [1.82, 2.24) is 5.32 Å². The van der Waals surface area contributed by atoms with Gasteiger partial charge in [0.15, 0.2) is 6.29 Å². The number of aliphatic hydroxyl groups excluding tert-OH is 7. The van der Waals surface area contributed by atoms with Crippen LogP contribution in [0.3, 0.4) is 0 Å². The first-order chi connectivity index (χ1) is 28.2. The fourth-order valence-electron chi connectivity index (χ4n) is 8.09. The summed E-state index contributed by atoms with van der Waals surface area (Å²) < 4.78 is 11.1. The fraction of sp³-hybridized carbons (Fsp3) is 0.979. The van der Waals surface area contributed by atoms with Crippen molar-refractivity contribution in [2.75, 3.05) is 13.2 Å². The van der Waals surface area contributed by atoms with Gasteiger partial charge in [-0.05, 0) is 12.8 Å². The molecule has 9 atom stereocenters. The summed E-state index contributed by atoms with van der Waals surface area (Å²) >= 11 is 0. The normalized spacial score (nSPS) is 21.8. The number of carbonyl (C=O) groups is 1. The first kappa shape index (κ1) is 55.1. The van der Waals surface area contributed by atoms with E-state index in [1.165, 1.54) is 148 Å². The Labute approximate surface area is 354 Å². The van der Waals surface area contributed by atoms with E-state index < -0.39 is 74.2 Å². The van der Waals surface area contributed by atoms with E-state index in [9.17, 15) is 40.5 Å².